The van der Waals surface area contributed by atoms with Crippen LogP contribution in [0.5, 0.6) is 11.5 Å². The number of carbonyl (C=O) groups is 2. The molecule has 6 nitrogen and oxygen atoms in total. The number of hydrogen-bond acceptors (Lipinski definition) is 4. The molecule has 0 unspecified atom stereocenters. The van der Waals surface area contributed by atoms with E-state index < -0.39 is 0 Å². The minimum Gasteiger partial charge on any atom is -0.493 e. The molecule has 1 saturated heterocycles. The van der Waals surface area contributed by atoms with Crippen LogP contribution in [0.2, 0.25) is 0 Å². The van der Waals surface area contributed by atoms with Gasteiger partial charge in [-0.3, -0.25) is 9.59 Å². The highest BCUT2D eigenvalue weighted by Crippen LogP contribution is 2.27. The van der Waals surface area contributed by atoms with E-state index in [0.717, 1.165) is 18.4 Å². The lowest BCUT2D eigenvalue weighted by Gasteiger charge is -2.31. The highest BCUT2D eigenvalue weighted by atomic mass is 16.5. The van der Waals surface area contributed by atoms with Crippen LogP contribution >= 0.6 is 0 Å². The number of piperidine rings is 1. The van der Waals surface area contributed by atoms with E-state index in [0.29, 0.717) is 24.6 Å². The first-order valence-corrected chi connectivity index (χ1v) is 7.82. The summed E-state index contributed by atoms with van der Waals surface area (Å²) in [6.07, 6.45) is 1.55. The molecule has 0 aromatic heterocycles. The fourth-order valence-corrected chi connectivity index (χ4v) is 2.65. The molecule has 0 spiro atoms. The number of rotatable bonds is 5. The van der Waals surface area contributed by atoms with E-state index in [1.807, 2.05) is 19.1 Å². The largest absolute Gasteiger partial charge is 0.493 e. The maximum Gasteiger partial charge on any atom is 0.258 e. The lowest BCUT2D eigenvalue weighted by Crippen LogP contribution is -2.47. The van der Waals surface area contributed by atoms with E-state index in [9.17, 15) is 9.59 Å². The predicted octanol–water partition coefficient (Wildman–Crippen LogP) is 1.51. The normalized spacial score (nSPS) is 15.2. The minimum absolute atomic E-state index is 0.0493. The molecule has 1 aliphatic rings. The van der Waals surface area contributed by atoms with Crippen molar-refractivity contribution in [2.75, 3.05) is 26.8 Å². The molecule has 1 fully saturated rings. The molecule has 1 aromatic carbocycles. The van der Waals surface area contributed by atoms with Gasteiger partial charge in [0.05, 0.1) is 7.11 Å². The van der Waals surface area contributed by atoms with Gasteiger partial charge in [0.1, 0.15) is 0 Å². The van der Waals surface area contributed by atoms with E-state index in [2.05, 4.69) is 5.32 Å². The van der Waals surface area contributed by atoms with Crippen molar-refractivity contribution in [3.05, 3.63) is 23.8 Å². The third-order valence-corrected chi connectivity index (χ3v) is 3.98. The lowest BCUT2D eigenvalue weighted by molar-refractivity contribution is -0.130. The Labute approximate surface area is 136 Å². The van der Waals surface area contributed by atoms with Crippen molar-refractivity contribution in [1.29, 1.82) is 0 Å². The van der Waals surface area contributed by atoms with E-state index in [4.69, 9.17) is 9.47 Å². The number of amides is 2. The zero-order valence-electron chi connectivity index (χ0n) is 13.9. The lowest BCUT2D eigenvalue weighted by atomic mass is 10.1. The first kappa shape index (κ1) is 17.1. The number of hydrogen-bond donors (Lipinski definition) is 1. The first-order chi connectivity index (χ1) is 11.0. The molecular weight excluding hydrogens is 296 g/mol. The molecule has 0 bridgehead atoms. The Kier molecular flexibility index (Phi) is 5.84. The van der Waals surface area contributed by atoms with E-state index in [-0.39, 0.29) is 24.5 Å². The standard InChI is InChI=1S/C17H24N2O4/c1-12-4-5-15(16(10-12)22-3)23-11-17(21)18-14-6-8-19(9-7-14)13(2)20/h4-5,10,14H,6-9,11H2,1-3H3,(H,18,21). The van der Waals surface area contributed by atoms with Crippen molar-refractivity contribution >= 4 is 11.8 Å². The molecule has 126 valence electrons. The molecule has 23 heavy (non-hydrogen) atoms. The van der Waals surface area contributed by atoms with Gasteiger partial charge in [0.25, 0.3) is 5.91 Å². The van der Waals surface area contributed by atoms with Crippen LogP contribution in [-0.4, -0.2) is 49.6 Å². The summed E-state index contributed by atoms with van der Waals surface area (Å²) in [5, 5.41) is 2.95. The van der Waals surface area contributed by atoms with Gasteiger partial charge in [0.2, 0.25) is 5.91 Å². The van der Waals surface area contributed by atoms with Gasteiger partial charge in [0.15, 0.2) is 18.1 Å². The van der Waals surface area contributed by atoms with Gasteiger partial charge >= 0.3 is 0 Å². The van der Waals surface area contributed by atoms with Crippen molar-refractivity contribution in [2.45, 2.75) is 32.7 Å². The average Bonchev–Trinajstić information content (AvgIpc) is 2.54. The molecule has 0 radical (unpaired) electrons. The van der Waals surface area contributed by atoms with Crippen LogP contribution in [0.1, 0.15) is 25.3 Å². The van der Waals surface area contributed by atoms with Gasteiger partial charge in [-0.1, -0.05) is 6.07 Å². The van der Waals surface area contributed by atoms with Gasteiger partial charge in [-0.2, -0.15) is 0 Å². The number of benzene rings is 1. The molecule has 1 heterocycles. The van der Waals surface area contributed by atoms with Gasteiger partial charge in [-0.25, -0.2) is 0 Å². The highest BCUT2D eigenvalue weighted by Gasteiger charge is 2.22. The number of nitrogens with one attached hydrogen (secondary N) is 1. The Hall–Kier alpha value is -2.24. The maximum absolute atomic E-state index is 12.0. The topological polar surface area (TPSA) is 67.9 Å². The fourth-order valence-electron chi connectivity index (χ4n) is 2.65. The summed E-state index contributed by atoms with van der Waals surface area (Å²) in [6.45, 7) is 4.86. The van der Waals surface area contributed by atoms with Crippen molar-refractivity contribution < 1.29 is 19.1 Å². The summed E-state index contributed by atoms with van der Waals surface area (Å²) >= 11 is 0. The number of methoxy groups -OCH3 is 1. The van der Waals surface area contributed by atoms with E-state index in [1.54, 1.807) is 25.0 Å². The third kappa shape index (κ3) is 4.87. The molecule has 0 aliphatic carbocycles. The van der Waals surface area contributed by atoms with Gasteiger partial charge in [-0.05, 0) is 37.5 Å². The third-order valence-electron chi connectivity index (χ3n) is 3.98. The number of aryl methyl sites for hydroxylation is 1. The van der Waals surface area contributed by atoms with Crippen LogP contribution in [-0.2, 0) is 9.59 Å². The summed E-state index contributed by atoms with van der Waals surface area (Å²) < 4.78 is 10.8. The van der Waals surface area contributed by atoms with Crippen molar-refractivity contribution in [3.63, 3.8) is 0 Å². The molecular formula is C17H24N2O4. The quantitative estimate of drug-likeness (QED) is 0.893. The molecule has 1 aromatic rings. The number of carbonyl (C=O) groups excluding carboxylic acids is 2. The van der Waals surface area contributed by atoms with Crippen molar-refractivity contribution in [2.24, 2.45) is 0 Å². The second-order valence-electron chi connectivity index (χ2n) is 5.79. The van der Waals surface area contributed by atoms with Crippen LogP contribution in [0.25, 0.3) is 0 Å². The zero-order chi connectivity index (χ0) is 16.8. The van der Waals surface area contributed by atoms with Crippen molar-refractivity contribution in [1.82, 2.24) is 10.2 Å². The second kappa shape index (κ2) is 7.85. The number of likely N-dealkylation sites (tertiary alicyclic amines) is 1. The molecule has 2 amide bonds. The first-order valence-electron chi connectivity index (χ1n) is 7.82. The molecule has 1 aliphatic heterocycles. The Bertz CT molecular complexity index is 566. The van der Waals surface area contributed by atoms with Crippen LogP contribution in [0.15, 0.2) is 18.2 Å². The maximum atomic E-state index is 12.0. The summed E-state index contributed by atoms with van der Waals surface area (Å²) in [5.74, 6) is 1.10. The summed E-state index contributed by atoms with van der Waals surface area (Å²) in [5.41, 5.74) is 1.07. The monoisotopic (exact) mass is 320 g/mol. The van der Waals surface area contributed by atoms with E-state index >= 15 is 0 Å². The highest BCUT2D eigenvalue weighted by molar-refractivity contribution is 5.78. The number of ether oxygens (including phenoxy) is 2. The van der Waals surface area contributed by atoms with Gasteiger partial charge in [0, 0.05) is 26.1 Å². The minimum atomic E-state index is -0.158. The van der Waals surface area contributed by atoms with Gasteiger partial charge in [-0.15, -0.1) is 0 Å². The summed E-state index contributed by atoms with van der Waals surface area (Å²) in [7, 11) is 1.57. The summed E-state index contributed by atoms with van der Waals surface area (Å²) in [4.78, 5) is 25.1. The molecule has 2 rings (SSSR count). The second-order valence-corrected chi connectivity index (χ2v) is 5.79. The Morgan fingerprint density at radius 3 is 2.57 bits per heavy atom. The molecule has 0 atom stereocenters. The predicted molar refractivity (Wildman–Crippen MR) is 86.6 cm³/mol. The van der Waals surface area contributed by atoms with Crippen LogP contribution in [0.3, 0.4) is 0 Å². The fraction of sp³-hybridized carbons (Fsp3) is 0.529. The van der Waals surface area contributed by atoms with Crippen LogP contribution in [0, 0.1) is 6.92 Å². The number of nitrogens with zero attached hydrogens (tertiary/aromatic N) is 1. The smallest absolute Gasteiger partial charge is 0.258 e. The van der Waals surface area contributed by atoms with Gasteiger partial charge < -0.3 is 19.7 Å². The Balaban J connectivity index is 1.79. The zero-order valence-corrected chi connectivity index (χ0v) is 13.9. The average molecular weight is 320 g/mol. The van der Waals surface area contributed by atoms with Crippen molar-refractivity contribution in [3.8, 4) is 11.5 Å². The Morgan fingerprint density at radius 2 is 1.96 bits per heavy atom. The van der Waals surface area contributed by atoms with Crippen LogP contribution in [0.4, 0.5) is 0 Å². The Morgan fingerprint density at radius 1 is 1.26 bits per heavy atom. The molecule has 6 heteroatoms. The molecule has 0 saturated carbocycles. The van der Waals surface area contributed by atoms with E-state index in [1.165, 1.54) is 0 Å². The molecule has 1 N–H and O–H groups in total. The summed E-state index contributed by atoms with van der Waals surface area (Å²) in [6, 6.07) is 5.67. The van der Waals surface area contributed by atoms with Crippen LogP contribution < -0.4 is 14.8 Å². The SMILES string of the molecule is COc1cc(C)ccc1OCC(=O)NC1CCN(C(C)=O)CC1.